The summed E-state index contributed by atoms with van der Waals surface area (Å²) in [5, 5.41) is 5.36. The van der Waals surface area contributed by atoms with Gasteiger partial charge in [0, 0.05) is 17.8 Å². The van der Waals surface area contributed by atoms with E-state index in [1.165, 1.54) is 41.5 Å². The predicted octanol–water partition coefficient (Wildman–Crippen LogP) is 6.50. The second-order valence-corrected chi connectivity index (χ2v) is 14.0. The van der Waals surface area contributed by atoms with E-state index in [0.717, 1.165) is 30.4 Å². The summed E-state index contributed by atoms with van der Waals surface area (Å²) in [4.78, 5) is 41.9. The number of nitrogens with zero attached hydrogens (tertiary/aromatic N) is 1. The predicted molar refractivity (Wildman–Crippen MR) is 193 cm³/mol. The highest BCUT2D eigenvalue weighted by Crippen LogP contribution is 2.41. The van der Waals surface area contributed by atoms with Crippen molar-refractivity contribution >= 4 is 33.6 Å². The van der Waals surface area contributed by atoms with Crippen molar-refractivity contribution in [3.8, 4) is 0 Å². The van der Waals surface area contributed by atoms with Gasteiger partial charge in [-0.05, 0) is 77.8 Å². The number of urea groups is 1. The van der Waals surface area contributed by atoms with Gasteiger partial charge in [0.15, 0.2) is 0 Å². The maximum absolute atomic E-state index is 14.2. The van der Waals surface area contributed by atoms with E-state index in [1.54, 1.807) is 24.3 Å². The van der Waals surface area contributed by atoms with Crippen LogP contribution in [-0.4, -0.2) is 37.7 Å². The fourth-order valence-electron chi connectivity index (χ4n) is 6.49. The molecule has 3 N–H and O–H groups in total. The molecule has 5 aromatic carbocycles. The third kappa shape index (κ3) is 8.45. The number of rotatable bonds is 11. The molecular formula is C40H38N4O5S. The molecule has 254 valence electrons. The number of aryl methyl sites for hydroxylation is 1. The zero-order valence-corrected chi connectivity index (χ0v) is 28.2. The molecule has 0 aliphatic heterocycles. The van der Waals surface area contributed by atoms with Crippen LogP contribution in [0.3, 0.4) is 0 Å². The largest absolute Gasteiger partial charge is 0.329 e. The summed E-state index contributed by atoms with van der Waals surface area (Å²) < 4.78 is 27.3. The second-order valence-electron chi connectivity index (χ2n) is 12.3. The normalized spacial score (nSPS) is 15.3. The number of hydrogen-bond donors (Lipinski definition) is 3. The average Bonchev–Trinajstić information content (AvgIpc) is 3.14. The van der Waals surface area contributed by atoms with Crippen LogP contribution in [0.15, 0.2) is 144 Å². The molecule has 2 atom stereocenters. The molecular weight excluding hydrogens is 649 g/mol. The van der Waals surface area contributed by atoms with Crippen LogP contribution in [0.4, 0.5) is 10.5 Å². The maximum atomic E-state index is 14.2. The first-order valence-corrected chi connectivity index (χ1v) is 18.0. The number of anilines is 1. The second kappa shape index (κ2) is 15.7. The average molecular weight is 687 g/mol. The monoisotopic (exact) mass is 686 g/mol. The third-order valence-electron chi connectivity index (χ3n) is 8.86. The Hall–Kier alpha value is -5.74. The van der Waals surface area contributed by atoms with Crippen molar-refractivity contribution in [2.75, 3.05) is 11.9 Å². The van der Waals surface area contributed by atoms with E-state index in [0.29, 0.717) is 6.54 Å². The van der Waals surface area contributed by atoms with Gasteiger partial charge in [-0.1, -0.05) is 109 Å². The molecule has 6 rings (SSSR count). The summed E-state index contributed by atoms with van der Waals surface area (Å²) in [6.07, 6.45) is 2.65. The molecule has 0 aromatic heterocycles. The summed E-state index contributed by atoms with van der Waals surface area (Å²) in [7, 11) is -4.08. The first kappa shape index (κ1) is 34.1. The molecule has 1 aliphatic rings. The molecule has 1 aliphatic carbocycles. The fourth-order valence-corrected chi connectivity index (χ4v) is 7.48. The Morgan fingerprint density at radius 3 is 2.08 bits per heavy atom. The van der Waals surface area contributed by atoms with Crippen molar-refractivity contribution in [3.05, 3.63) is 167 Å². The van der Waals surface area contributed by atoms with E-state index in [9.17, 15) is 22.8 Å². The van der Waals surface area contributed by atoms with Crippen LogP contribution in [0.5, 0.6) is 0 Å². The number of nitrogens with one attached hydrogen (secondary N) is 3. The van der Waals surface area contributed by atoms with E-state index < -0.39 is 22.0 Å². The lowest BCUT2D eigenvalue weighted by molar-refractivity contribution is -0.135. The van der Waals surface area contributed by atoms with Crippen LogP contribution in [0.2, 0.25) is 0 Å². The molecule has 0 saturated carbocycles. The Balaban J connectivity index is 1.17. The van der Waals surface area contributed by atoms with Crippen molar-refractivity contribution in [1.82, 2.24) is 14.9 Å². The number of carbonyl (C=O) groups is 3. The first-order valence-electron chi connectivity index (χ1n) is 16.5. The highest BCUT2D eigenvalue weighted by Gasteiger charge is 2.36. The van der Waals surface area contributed by atoms with Gasteiger partial charge in [-0.3, -0.25) is 9.59 Å². The van der Waals surface area contributed by atoms with Crippen LogP contribution in [0.25, 0.3) is 0 Å². The highest BCUT2D eigenvalue weighted by atomic mass is 32.2. The molecule has 4 amide bonds. The van der Waals surface area contributed by atoms with Gasteiger partial charge in [0.2, 0.25) is 5.91 Å². The Bertz CT molecular complexity index is 2060. The number of sulfonamides is 1. The topological polar surface area (TPSA) is 125 Å². The number of carbonyl (C=O) groups excluding carboxylic acids is 3. The van der Waals surface area contributed by atoms with Gasteiger partial charge in [-0.15, -0.1) is 0 Å². The van der Waals surface area contributed by atoms with Crippen molar-refractivity contribution in [2.24, 2.45) is 5.92 Å². The van der Waals surface area contributed by atoms with Crippen LogP contribution in [-0.2, 0) is 34.2 Å². The summed E-state index contributed by atoms with van der Waals surface area (Å²) in [5.41, 5.74) is 4.82. The fraction of sp³-hybridized carbons (Fsp3) is 0.175. The van der Waals surface area contributed by atoms with E-state index in [2.05, 4.69) is 39.6 Å². The molecule has 0 radical (unpaired) electrons. The van der Waals surface area contributed by atoms with Crippen molar-refractivity contribution < 1.29 is 22.8 Å². The Labute approximate surface area is 292 Å². The van der Waals surface area contributed by atoms with Crippen molar-refractivity contribution in [1.29, 1.82) is 0 Å². The Morgan fingerprint density at radius 1 is 0.720 bits per heavy atom. The van der Waals surface area contributed by atoms with Gasteiger partial charge < -0.3 is 15.5 Å². The van der Waals surface area contributed by atoms with E-state index >= 15 is 0 Å². The lowest BCUT2D eigenvalue weighted by Crippen LogP contribution is -2.46. The van der Waals surface area contributed by atoms with E-state index in [-0.39, 0.29) is 40.6 Å². The lowest BCUT2D eigenvalue weighted by atomic mass is 9.76. The number of hydrogen-bond acceptors (Lipinski definition) is 5. The smallest absolute Gasteiger partial charge is 0.319 e. The van der Waals surface area contributed by atoms with Crippen LogP contribution >= 0.6 is 0 Å². The molecule has 9 nitrogen and oxygen atoms in total. The van der Waals surface area contributed by atoms with Crippen molar-refractivity contribution in [3.63, 3.8) is 0 Å². The SMILES string of the molecule is O=C(NCC(=O)N(Cc1ccccc1)C1c2ccccc2CC[C@H]1Cc1ccccc1)Nc1cccc(C(=O)NS(=O)(=O)c2ccccc2)c1. The van der Waals surface area contributed by atoms with Gasteiger partial charge >= 0.3 is 6.03 Å². The molecule has 50 heavy (non-hydrogen) atoms. The molecule has 0 bridgehead atoms. The van der Waals surface area contributed by atoms with Gasteiger partial charge in [0.25, 0.3) is 15.9 Å². The zero-order chi connectivity index (χ0) is 34.9. The lowest BCUT2D eigenvalue weighted by Gasteiger charge is -2.42. The van der Waals surface area contributed by atoms with Gasteiger partial charge in [-0.25, -0.2) is 17.9 Å². The minimum absolute atomic E-state index is 0.0350. The van der Waals surface area contributed by atoms with E-state index in [4.69, 9.17) is 0 Å². The number of benzene rings is 5. The maximum Gasteiger partial charge on any atom is 0.319 e. The summed E-state index contributed by atoms with van der Waals surface area (Å²) >= 11 is 0. The molecule has 0 heterocycles. The summed E-state index contributed by atoms with van der Waals surface area (Å²) in [5.74, 6) is -0.918. The summed E-state index contributed by atoms with van der Waals surface area (Å²) in [6, 6.07) is 41.0. The number of fused-ring (bicyclic) bond motifs is 1. The van der Waals surface area contributed by atoms with Crippen LogP contribution < -0.4 is 15.4 Å². The molecule has 1 unspecified atom stereocenters. The highest BCUT2D eigenvalue weighted by molar-refractivity contribution is 7.90. The zero-order valence-electron chi connectivity index (χ0n) is 27.4. The molecule has 5 aromatic rings. The summed E-state index contributed by atoms with van der Waals surface area (Å²) in [6.45, 7) is 0.112. The van der Waals surface area contributed by atoms with E-state index in [1.807, 2.05) is 65.6 Å². The van der Waals surface area contributed by atoms with Gasteiger partial charge in [-0.2, -0.15) is 0 Å². The minimum atomic E-state index is -4.08. The minimum Gasteiger partial charge on any atom is -0.329 e. The third-order valence-corrected chi connectivity index (χ3v) is 10.2. The first-order chi connectivity index (χ1) is 24.3. The van der Waals surface area contributed by atoms with Crippen LogP contribution in [0, 0.1) is 5.92 Å². The Morgan fingerprint density at radius 2 is 1.36 bits per heavy atom. The van der Waals surface area contributed by atoms with Gasteiger partial charge in [0.05, 0.1) is 17.5 Å². The molecule has 0 fully saturated rings. The molecule has 0 saturated heterocycles. The standard InChI is InChI=1S/C40H38N4O5S/c45-37(27-41-40(47)42-34-19-12-18-33(26-34)39(46)43-50(48,49)35-20-8-3-9-21-35)44(28-30-15-6-2-7-16-30)38-32(25-29-13-4-1-5-14-29)24-23-31-17-10-11-22-36(31)38/h1-22,26,32,38H,23-25,27-28H2,(H,43,46)(H2,41,42,47)/t32-,38?/m0/s1. The van der Waals surface area contributed by atoms with Gasteiger partial charge in [0.1, 0.15) is 0 Å². The molecule has 10 heteroatoms. The van der Waals surface area contributed by atoms with Crippen LogP contribution in [0.1, 0.15) is 45.1 Å². The number of amides is 4. The van der Waals surface area contributed by atoms with Crippen molar-refractivity contribution in [2.45, 2.75) is 36.7 Å². The molecule has 0 spiro atoms. The Kier molecular flexibility index (Phi) is 10.7. The quantitative estimate of drug-likeness (QED) is 0.146.